The molecule has 0 saturated carbocycles. The van der Waals surface area contributed by atoms with Gasteiger partial charge in [0.1, 0.15) is 6.61 Å². The summed E-state index contributed by atoms with van der Waals surface area (Å²) in [5.41, 5.74) is 0.844. The lowest BCUT2D eigenvalue weighted by Gasteiger charge is -2.26. The maximum absolute atomic E-state index is 9.16. The summed E-state index contributed by atoms with van der Waals surface area (Å²) >= 11 is 0. The van der Waals surface area contributed by atoms with E-state index in [0.717, 1.165) is 23.6 Å². The zero-order valence-electron chi connectivity index (χ0n) is 12.3. The molecule has 2 rings (SSSR count). The quantitative estimate of drug-likeness (QED) is 0.832. The smallest absolute Gasteiger partial charge is 0.161 e. The standard InChI is InChI=1S/C16H25NO3/c1-2-19-16-12-14(13-18)6-7-15(16)20-11-10-17-8-4-3-5-9-17/h6-7,12,18H,2-5,8-11,13H2,1H3. The van der Waals surface area contributed by atoms with Crippen molar-refractivity contribution >= 4 is 0 Å². The molecule has 0 aromatic heterocycles. The second-order valence-electron chi connectivity index (χ2n) is 5.12. The van der Waals surface area contributed by atoms with Crippen LogP contribution in [0.1, 0.15) is 31.7 Å². The topological polar surface area (TPSA) is 41.9 Å². The molecule has 1 saturated heterocycles. The Hall–Kier alpha value is -1.26. The molecular formula is C16H25NO3. The van der Waals surface area contributed by atoms with Crippen LogP contribution in [0.15, 0.2) is 18.2 Å². The molecule has 1 fully saturated rings. The second-order valence-corrected chi connectivity index (χ2v) is 5.12. The highest BCUT2D eigenvalue weighted by Gasteiger charge is 2.11. The first-order chi connectivity index (χ1) is 9.83. The Bertz CT molecular complexity index is 403. The Morgan fingerprint density at radius 1 is 1.10 bits per heavy atom. The monoisotopic (exact) mass is 279 g/mol. The van der Waals surface area contributed by atoms with Crippen LogP contribution in [-0.4, -0.2) is 42.9 Å². The van der Waals surface area contributed by atoms with Gasteiger partial charge in [-0.1, -0.05) is 12.5 Å². The largest absolute Gasteiger partial charge is 0.490 e. The van der Waals surface area contributed by atoms with Crippen LogP contribution in [0.5, 0.6) is 11.5 Å². The molecule has 20 heavy (non-hydrogen) atoms. The van der Waals surface area contributed by atoms with Gasteiger partial charge >= 0.3 is 0 Å². The number of nitrogens with zero attached hydrogens (tertiary/aromatic N) is 1. The van der Waals surface area contributed by atoms with Crippen molar-refractivity contribution in [1.82, 2.24) is 4.90 Å². The molecule has 4 nitrogen and oxygen atoms in total. The first-order valence-corrected chi connectivity index (χ1v) is 7.55. The van der Waals surface area contributed by atoms with Crippen LogP contribution in [0.4, 0.5) is 0 Å². The predicted octanol–water partition coefficient (Wildman–Crippen LogP) is 2.44. The molecule has 0 bridgehead atoms. The van der Waals surface area contributed by atoms with Gasteiger partial charge in [-0.15, -0.1) is 0 Å². The van der Waals surface area contributed by atoms with Crippen molar-refractivity contribution in [3.05, 3.63) is 23.8 Å². The van der Waals surface area contributed by atoms with Gasteiger partial charge in [-0.2, -0.15) is 0 Å². The van der Waals surface area contributed by atoms with Crippen molar-refractivity contribution in [2.24, 2.45) is 0 Å². The number of aliphatic hydroxyl groups is 1. The number of ether oxygens (including phenoxy) is 2. The lowest BCUT2D eigenvalue weighted by Crippen LogP contribution is -2.33. The summed E-state index contributed by atoms with van der Waals surface area (Å²) < 4.78 is 11.4. The molecule has 1 aliphatic heterocycles. The van der Waals surface area contributed by atoms with Gasteiger partial charge in [-0.3, -0.25) is 4.90 Å². The average Bonchev–Trinajstić information content (AvgIpc) is 2.50. The highest BCUT2D eigenvalue weighted by molar-refractivity contribution is 5.42. The predicted molar refractivity (Wildman–Crippen MR) is 79.3 cm³/mol. The summed E-state index contributed by atoms with van der Waals surface area (Å²) in [6.45, 7) is 6.58. The fourth-order valence-electron chi connectivity index (χ4n) is 2.51. The van der Waals surface area contributed by atoms with Gasteiger partial charge in [-0.05, 0) is 50.6 Å². The molecule has 0 radical (unpaired) electrons. The Balaban J connectivity index is 1.87. The number of piperidine rings is 1. The molecule has 1 aromatic rings. The van der Waals surface area contributed by atoms with Crippen LogP contribution < -0.4 is 9.47 Å². The van der Waals surface area contributed by atoms with Crippen molar-refractivity contribution in [3.63, 3.8) is 0 Å². The minimum Gasteiger partial charge on any atom is -0.490 e. The van der Waals surface area contributed by atoms with E-state index in [1.165, 1.54) is 32.4 Å². The van der Waals surface area contributed by atoms with Gasteiger partial charge in [0.25, 0.3) is 0 Å². The van der Waals surface area contributed by atoms with Crippen LogP contribution in [0.2, 0.25) is 0 Å². The molecule has 0 spiro atoms. The molecule has 1 aromatic carbocycles. The van der Waals surface area contributed by atoms with Gasteiger partial charge in [0, 0.05) is 6.54 Å². The summed E-state index contributed by atoms with van der Waals surface area (Å²) in [5.74, 6) is 1.48. The normalized spacial score (nSPS) is 16.1. The molecule has 0 amide bonds. The van der Waals surface area contributed by atoms with Crippen molar-refractivity contribution in [3.8, 4) is 11.5 Å². The van der Waals surface area contributed by atoms with E-state index >= 15 is 0 Å². The Morgan fingerprint density at radius 2 is 1.90 bits per heavy atom. The van der Waals surface area contributed by atoms with Crippen molar-refractivity contribution in [1.29, 1.82) is 0 Å². The van der Waals surface area contributed by atoms with Gasteiger partial charge in [-0.25, -0.2) is 0 Å². The van der Waals surface area contributed by atoms with E-state index in [1.807, 2.05) is 25.1 Å². The molecule has 1 aliphatic rings. The van der Waals surface area contributed by atoms with Crippen molar-refractivity contribution < 1.29 is 14.6 Å². The minimum absolute atomic E-state index is 0.0220. The fraction of sp³-hybridized carbons (Fsp3) is 0.625. The zero-order valence-corrected chi connectivity index (χ0v) is 12.3. The van der Waals surface area contributed by atoms with Crippen LogP contribution in [-0.2, 0) is 6.61 Å². The summed E-state index contributed by atoms with van der Waals surface area (Å²) in [7, 11) is 0. The number of aliphatic hydroxyl groups excluding tert-OH is 1. The van der Waals surface area contributed by atoms with Crippen molar-refractivity contribution in [2.75, 3.05) is 32.8 Å². The molecular weight excluding hydrogens is 254 g/mol. The number of rotatable bonds is 7. The van der Waals surface area contributed by atoms with Gasteiger partial charge in [0.2, 0.25) is 0 Å². The lowest BCUT2D eigenvalue weighted by atomic mass is 10.1. The van der Waals surface area contributed by atoms with Crippen LogP contribution in [0, 0.1) is 0 Å². The molecule has 1 heterocycles. The average molecular weight is 279 g/mol. The van der Waals surface area contributed by atoms with Gasteiger partial charge < -0.3 is 14.6 Å². The fourth-order valence-corrected chi connectivity index (χ4v) is 2.51. The molecule has 112 valence electrons. The van der Waals surface area contributed by atoms with E-state index in [1.54, 1.807) is 0 Å². The van der Waals surface area contributed by atoms with Crippen LogP contribution >= 0.6 is 0 Å². The highest BCUT2D eigenvalue weighted by atomic mass is 16.5. The SMILES string of the molecule is CCOc1cc(CO)ccc1OCCN1CCCCC1. The number of likely N-dealkylation sites (tertiary alicyclic amines) is 1. The lowest BCUT2D eigenvalue weighted by molar-refractivity contribution is 0.179. The summed E-state index contributed by atoms with van der Waals surface area (Å²) in [5, 5.41) is 9.16. The Labute approximate surface area is 121 Å². The van der Waals surface area contributed by atoms with Crippen LogP contribution in [0.25, 0.3) is 0 Å². The Kier molecular flexibility index (Phi) is 6.15. The molecule has 0 aliphatic carbocycles. The van der Waals surface area contributed by atoms with E-state index in [4.69, 9.17) is 14.6 Å². The van der Waals surface area contributed by atoms with E-state index in [0.29, 0.717) is 13.2 Å². The van der Waals surface area contributed by atoms with Crippen LogP contribution in [0.3, 0.4) is 0 Å². The molecule has 4 heteroatoms. The van der Waals surface area contributed by atoms with E-state index < -0.39 is 0 Å². The first kappa shape index (κ1) is 15.1. The van der Waals surface area contributed by atoms with Gasteiger partial charge in [0.15, 0.2) is 11.5 Å². The summed E-state index contributed by atoms with van der Waals surface area (Å²) in [4.78, 5) is 2.45. The third-order valence-electron chi connectivity index (χ3n) is 3.60. The number of hydrogen-bond acceptors (Lipinski definition) is 4. The van der Waals surface area contributed by atoms with Gasteiger partial charge in [0.05, 0.1) is 13.2 Å². The number of hydrogen-bond donors (Lipinski definition) is 1. The third kappa shape index (κ3) is 4.39. The summed E-state index contributed by atoms with van der Waals surface area (Å²) in [6.07, 6.45) is 3.96. The Morgan fingerprint density at radius 3 is 2.60 bits per heavy atom. The molecule has 1 N–H and O–H groups in total. The molecule has 0 unspecified atom stereocenters. The van der Waals surface area contributed by atoms with E-state index in [9.17, 15) is 0 Å². The number of benzene rings is 1. The minimum atomic E-state index is 0.0220. The van der Waals surface area contributed by atoms with E-state index in [-0.39, 0.29) is 6.61 Å². The summed E-state index contributed by atoms with van der Waals surface area (Å²) in [6, 6.07) is 5.60. The maximum Gasteiger partial charge on any atom is 0.161 e. The van der Waals surface area contributed by atoms with Crippen molar-refractivity contribution in [2.45, 2.75) is 32.8 Å². The molecule has 0 atom stereocenters. The zero-order chi connectivity index (χ0) is 14.2. The highest BCUT2D eigenvalue weighted by Crippen LogP contribution is 2.28. The maximum atomic E-state index is 9.16. The second kappa shape index (κ2) is 8.12. The first-order valence-electron chi connectivity index (χ1n) is 7.55. The third-order valence-corrected chi connectivity index (χ3v) is 3.60. The van der Waals surface area contributed by atoms with E-state index in [2.05, 4.69) is 4.90 Å².